The summed E-state index contributed by atoms with van der Waals surface area (Å²) in [5.74, 6) is -0.510. The van der Waals surface area contributed by atoms with Crippen LogP contribution >= 0.6 is 11.6 Å². The summed E-state index contributed by atoms with van der Waals surface area (Å²) in [6, 6.07) is 28.1. The van der Waals surface area contributed by atoms with E-state index in [2.05, 4.69) is 12.1 Å². The van der Waals surface area contributed by atoms with Gasteiger partial charge in [-0.2, -0.15) is 0 Å². The lowest BCUT2D eigenvalue weighted by Crippen LogP contribution is -2.16. The Morgan fingerprint density at radius 1 is 0.636 bits per heavy atom. The smallest absolute Gasteiger partial charge is 0.338 e. The van der Waals surface area contributed by atoms with Gasteiger partial charge in [0.15, 0.2) is 0 Å². The first kappa shape index (κ1) is 24.5. The molecule has 0 bridgehead atoms. The van der Waals surface area contributed by atoms with Gasteiger partial charge in [0, 0.05) is 11.3 Å². The van der Waals surface area contributed by atoms with Crippen LogP contribution in [0.1, 0.15) is 57.9 Å². The predicted molar refractivity (Wildman–Crippen MR) is 131 cm³/mol. The maximum absolute atomic E-state index is 12.1. The number of ether oxygens (including phenoxy) is 2. The van der Waals surface area contributed by atoms with Gasteiger partial charge in [-0.05, 0) is 55.5 Å². The fourth-order valence-corrected chi connectivity index (χ4v) is 4.11. The van der Waals surface area contributed by atoms with Crippen molar-refractivity contribution in [1.82, 2.24) is 0 Å². The molecule has 0 fully saturated rings. The summed E-state index contributed by atoms with van der Waals surface area (Å²) in [6.07, 6.45) is 2.90. The molecule has 0 aromatic heterocycles. The standard InChI is InChI=1S/C28H29ClO4/c29-26(19-11-21-33-28(31)24-16-8-3-9-17-24)25(22-12-4-1-5-13-22)18-10-20-32-27(30)23-14-6-2-7-15-23/h1-9,12-17,25-26H,10-11,18-21H2/t25-,26+/m0/s1. The molecule has 0 aliphatic heterocycles. The van der Waals surface area contributed by atoms with Crippen LogP contribution in [0.3, 0.4) is 0 Å². The molecule has 0 saturated heterocycles. The van der Waals surface area contributed by atoms with Crippen molar-refractivity contribution in [3.63, 3.8) is 0 Å². The van der Waals surface area contributed by atoms with Gasteiger partial charge in [-0.3, -0.25) is 0 Å². The molecule has 0 saturated carbocycles. The van der Waals surface area contributed by atoms with E-state index in [1.807, 2.05) is 54.6 Å². The van der Waals surface area contributed by atoms with Crippen LogP contribution in [0.25, 0.3) is 0 Å². The summed E-state index contributed by atoms with van der Waals surface area (Å²) in [6.45, 7) is 0.669. The maximum atomic E-state index is 12.1. The van der Waals surface area contributed by atoms with Crippen LogP contribution in [0.4, 0.5) is 0 Å². The van der Waals surface area contributed by atoms with Gasteiger partial charge in [0.25, 0.3) is 0 Å². The van der Waals surface area contributed by atoms with Crippen molar-refractivity contribution < 1.29 is 19.1 Å². The Kier molecular flexibility index (Phi) is 9.99. The Hall–Kier alpha value is -3.11. The third kappa shape index (κ3) is 8.07. The SMILES string of the molecule is O=C(OCCC[C@@H](Cl)[C@@H](CCCOC(=O)c1ccccc1)c1ccccc1)c1ccccc1. The second-order valence-electron chi connectivity index (χ2n) is 7.82. The Morgan fingerprint density at radius 2 is 1.06 bits per heavy atom. The summed E-state index contributed by atoms with van der Waals surface area (Å²) in [7, 11) is 0. The number of hydrogen-bond acceptors (Lipinski definition) is 4. The molecule has 5 heteroatoms. The zero-order valence-electron chi connectivity index (χ0n) is 18.6. The minimum atomic E-state index is -0.318. The number of carbonyl (C=O) groups excluding carboxylic acids is 2. The van der Waals surface area contributed by atoms with E-state index >= 15 is 0 Å². The number of halogens is 1. The van der Waals surface area contributed by atoms with Gasteiger partial charge in [-0.1, -0.05) is 66.7 Å². The van der Waals surface area contributed by atoms with Crippen LogP contribution in [-0.2, 0) is 9.47 Å². The minimum Gasteiger partial charge on any atom is -0.462 e. The molecule has 0 heterocycles. The first-order valence-corrected chi connectivity index (χ1v) is 11.7. The van der Waals surface area contributed by atoms with Gasteiger partial charge in [-0.25, -0.2) is 9.59 Å². The molecule has 4 nitrogen and oxygen atoms in total. The Morgan fingerprint density at radius 3 is 1.55 bits per heavy atom. The van der Waals surface area contributed by atoms with Crippen molar-refractivity contribution in [1.29, 1.82) is 0 Å². The van der Waals surface area contributed by atoms with Gasteiger partial charge in [0.05, 0.1) is 24.3 Å². The monoisotopic (exact) mass is 464 g/mol. The largest absolute Gasteiger partial charge is 0.462 e. The molecule has 3 rings (SSSR count). The first-order valence-electron chi connectivity index (χ1n) is 11.3. The van der Waals surface area contributed by atoms with Crippen LogP contribution < -0.4 is 0 Å². The predicted octanol–water partition coefficient (Wildman–Crippen LogP) is 6.65. The van der Waals surface area contributed by atoms with Crippen LogP contribution in [0, 0.1) is 0 Å². The Labute approximate surface area is 200 Å². The molecule has 0 aliphatic carbocycles. The van der Waals surface area contributed by atoms with Crippen molar-refractivity contribution in [2.24, 2.45) is 0 Å². The topological polar surface area (TPSA) is 52.6 Å². The zero-order valence-corrected chi connectivity index (χ0v) is 19.3. The van der Waals surface area contributed by atoms with E-state index in [0.29, 0.717) is 43.6 Å². The van der Waals surface area contributed by atoms with Crippen LogP contribution in [-0.4, -0.2) is 30.5 Å². The number of carbonyl (C=O) groups is 2. The lowest BCUT2D eigenvalue weighted by atomic mass is 9.89. The summed E-state index contributed by atoms with van der Waals surface area (Å²) in [4.78, 5) is 24.2. The van der Waals surface area contributed by atoms with Gasteiger partial charge in [-0.15, -0.1) is 11.6 Å². The number of alkyl halides is 1. The molecule has 0 aliphatic rings. The molecule has 0 amide bonds. The van der Waals surface area contributed by atoms with Crippen LogP contribution in [0.15, 0.2) is 91.0 Å². The average Bonchev–Trinajstić information content (AvgIpc) is 2.87. The number of benzene rings is 3. The molecule has 0 N–H and O–H groups in total. The van der Waals surface area contributed by atoms with E-state index in [1.165, 1.54) is 0 Å². The van der Waals surface area contributed by atoms with Crippen molar-refractivity contribution in [2.75, 3.05) is 13.2 Å². The van der Waals surface area contributed by atoms with E-state index in [1.54, 1.807) is 24.3 Å². The van der Waals surface area contributed by atoms with Gasteiger partial charge < -0.3 is 9.47 Å². The second-order valence-corrected chi connectivity index (χ2v) is 8.38. The third-order valence-corrected chi connectivity index (χ3v) is 5.96. The van der Waals surface area contributed by atoms with Gasteiger partial charge in [0.2, 0.25) is 0 Å². The number of rotatable bonds is 12. The van der Waals surface area contributed by atoms with Crippen LogP contribution in [0.5, 0.6) is 0 Å². The maximum Gasteiger partial charge on any atom is 0.338 e. The Bertz CT molecular complexity index is 977. The van der Waals surface area contributed by atoms with E-state index in [9.17, 15) is 9.59 Å². The molecule has 0 spiro atoms. The fourth-order valence-electron chi connectivity index (χ4n) is 3.68. The molecule has 33 heavy (non-hydrogen) atoms. The van der Waals surface area contributed by atoms with E-state index in [4.69, 9.17) is 21.1 Å². The summed E-state index contributed by atoms with van der Waals surface area (Å²) in [5.41, 5.74) is 2.26. The van der Waals surface area contributed by atoms with Crippen molar-refractivity contribution in [2.45, 2.75) is 37.0 Å². The molecular formula is C28H29ClO4. The quantitative estimate of drug-likeness (QED) is 0.171. The molecule has 0 radical (unpaired) electrons. The third-order valence-electron chi connectivity index (χ3n) is 5.43. The summed E-state index contributed by atoms with van der Waals surface area (Å²) < 4.78 is 10.8. The number of hydrogen-bond donors (Lipinski definition) is 0. The molecule has 3 aromatic rings. The highest BCUT2D eigenvalue weighted by Crippen LogP contribution is 2.31. The van der Waals surface area contributed by atoms with E-state index in [0.717, 1.165) is 12.0 Å². The van der Waals surface area contributed by atoms with Crippen LogP contribution in [0.2, 0.25) is 0 Å². The molecule has 0 unspecified atom stereocenters. The molecule has 3 aromatic carbocycles. The van der Waals surface area contributed by atoms with Gasteiger partial charge in [0.1, 0.15) is 0 Å². The summed E-state index contributed by atoms with van der Waals surface area (Å²) >= 11 is 6.80. The highest BCUT2D eigenvalue weighted by atomic mass is 35.5. The molecule has 172 valence electrons. The lowest BCUT2D eigenvalue weighted by Gasteiger charge is -2.23. The van der Waals surface area contributed by atoms with Crippen molar-refractivity contribution >= 4 is 23.5 Å². The second kappa shape index (κ2) is 13.4. The highest BCUT2D eigenvalue weighted by molar-refractivity contribution is 6.21. The zero-order chi connectivity index (χ0) is 23.3. The van der Waals surface area contributed by atoms with E-state index in [-0.39, 0.29) is 23.2 Å². The minimum absolute atomic E-state index is 0.118. The number of esters is 2. The fraction of sp³-hybridized carbons (Fsp3) is 0.286. The Balaban J connectivity index is 1.46. The normalized spacial score (nSPS) is 12.5. The van der Waals surface area contributed by atoms with Crippen molar-refractivity contribution in [3.8, 4) is 0 Å². The highest BCUT2D eigenvalue weighted by Gasteiger charge is 2.21. The van der Waals surface area contributed by atoms with Crippen molar-refractivity contribution in [3.05, 3.63) is 108 Å². The summed E-state index contributed by atoms with van der Waals surface area (Å²) in [5, 5.41) is -0.118. The molecule has 2 atom stereocenters. The first-order chi connectivity index (χ1) is 16.1. The average molecular weight is 465 g/mol. The lowest BCUT2D eigenvalue weighted by molar-refractivity contribution is 0.0483. The van der Waals surface area contributed by atoms with E-state index < -0.39 is 0 Å². The molecular weight excluding hydrogens is 436 g/mol. The van der Waals surface area contributed by atoms with Gasteiger partial charge >= 0.3 is 11.9 Å².